The van der Waals surface area contributed by atoms with Crippen molar-refractivity contribution in [1.29, 1.82) is 0 Å². The minimum atomic E-state index is -0.775. The van der Waals surface area contributed by atoms with Crippen LogP contribution in [0, 0.1) is 0 Å². The molecule has 1 aliphatic heterocycles. The monoisotopic (exact) mass is 480 g/mol. The van der Waals surface area contributed by atoms with Gasteiger partial charge >= 0.3 is 0 Å². The normalized spacial score (nSPS) is 14.7. The highest BCUT2D eigenvalue weighted by Crippen LogP contribution is 2.34. The molecule has 0 saturated carbocycles. The van der Waals surface area contributed by atoms with Gasteiger partial charge in [0.1, 0.15) is 5.75 Å². The van der Waals surface area contributed by atoms with Crippen molar-refractivity contribution >= 4 is 28.4 Å². The summed E-state index contributed by atoms with van der Waals surface area (Å²) in [6.45, 7) is 0.444. The van der Waals surface area contributed by atoms with Crippen molar-refractivity contribution in [3.05, 3.63) is 53.1 Å². The average molecular weight is 481 g/mol. The maximum absolute atomic E-state index is 13.2. The summed E-state index contributed by atoms with van der Waals surface area (Å²) in [5, 5.41) is 0.406. The fourth-order valence-electron chi connectivity index (χ4n) is 4.07. The van der Waals surface area contributed by atoms with Crippen molar-refractivity contribution < 1.29 is 23.8 Å². The predicted molar refractivity (Wildman–Crippen MR) is 130 cm³/mol. The number of aromatic nitrogens is 2. The predicted octanol–water partition coefficient (Wildman–Crippen LogP) is 2.08. The topological polar surface area (TPSA) is 103 Å². The fourth-order valence-corrected chi connectivity index (χ4v) is 4.07. The first-order valence-corrected chi connectivity index (χ1v) is 11.2. The molecule has 35 heavy (non-hydrogen) atoms. The Labute approximate surface area is 202 Å². The van der Waals surface area contributed by atoms with Gasteiger partial charge < -0.3 is 24.0 Å². The summed E-state index contributed by atoms with van der Waals surface area (Å²) < 4.78 is 17.9. The van der Waals surface area contributed by atoms with Gasteiger partial charge in [-0.25, -0.2) is 4.98 Å². The van der Waals surface area contributed by atoms with Crippen molar-refractivity contribution in [2.24, 2.45) is 0 Å². The smallest absolute Gasteiger partial charge is 0.265 e. The van der Waals surface area contributed by atoms with Crippen molar-refractivity contribution in [3.8, 4) is 17.2 Å². The Kier molecular flexibility index (Phi) is 6.90. The number of amides is 2. The van der Waals surface area contributed by atoms with Crippen LogP contribution in [0.3, 0.4) is 0 Å². The van der Waals surface area contributed by atoms with Crippen LogP contribution in [0.1, 0.15) is 12.8 Å². The quantitative estimate of drug-likeness (QED) is 0.510. The molecule has 0 fully saturated rings. The number of ether oxygens (including phenoxy) is 3. The zero-order chi connectivity index (χ0) is 25.1. The van der Waals surface area contributed by atoms with Crippen molar-refractivity contribution in [3.63, 3.8) is 0 Å². The number of carbonyl (C=O) groups excluding carboxylic acids is 2. The SMILES string of the molecule is COc1cc2ncn(CCCC(=O)N3C[C@@H](C(=O)N(C)C)Oc4ccccc43)c(=O)c2cc1OC. The molecule has 1 atom stereocenters. The van der Waals surface area contributed by atoms with Crippen LogP contribution in [0.15, 0.2) is 47.5 Å². The summed E-state index contributed by atoms with van der Waals surface area (Å²) in [6.07, 6.45) is 1.30. The van der Waals surface area contributed by atoms with Crippen molar-refractivity contribution in [2.75, 3.05) is 39.8 Å². The largest absolute Gasteiger partial charge is 0.493 e. The minimum Gasteiger partial charge on any atom is -0.493 e. The first-order chi connectivity index (χ1) is 16.8. The number of para-hydroxylation sites is 2. The number of aryl methyl sites for hydroxylation is 1. The molecule has 0 N–H and O–H groups in total. The van der Waals surface area contributed by atoms with E-state index in [1.54, 1.807) is 49.3 Å². The summed E-state index contributed by atoms with van der Waals surface area (Å²) in [6, 6.07) is 10.4. The van der Waals surface area contributed by atoms with Gasteiger partial charge in [0.05, 0.1) is 43.7 Å². The number of hydrogen-bond donors (Lipinski definition) is 0. The van der Waals surface area contributed by atoms with Crippen LogP contribution in [-0.4, -0.2) is 67.2 Å². The van der Waals surface area contributed by atoms with Gasteiger partial charge in [0.2, 0.25) is 5.91 Å². The average Bonchev–Trinajstić information content (AvgIpc) is 2.87. The highest BCUT2D eigenvalue weighted by Gasteiger charge is 2.34. The third kappa shape index (κ3) is 4.77. The molecule has 4 rings (SSSR count). The number of carbonyl (C=O) groups is 2. The third-order valence-corrected chi connectivity index (χ3v) is 5.91. The Balaban J connectivity index is 1.49. The molecule has 0 aliphatic carbocycles. The lowest BCUT2D eigenvalue weighted by Gasteiger charge is -2.35. The molecule has 2 amide bonds. The Morgan fingerprint density at radius 3 is 2.57 bits per heavy atom. The van der Waals surface area contributed by atoms with Gasteiger partial charge in [0, 0.05) is 33.1 Å². The van der Waals surface area contributed by atoms with Gasteiger partial charge in [-0.05, 0) is 24.6 Å². The third-order valence-electron chi connectivity index (χ3n) is 5.91. The lowest BCUT2D eigenvalue weighted by molar-refractivity contribution is -0.136. The molecule has 0 radical (unpaired) electrons. The highest BCUT2D eigenvalue weighted by molar-refractivity contribution is 5.97. The molecular formula is C25H28N4O6. The summed E-state index contributed by atoms with van der Waals surface area (Å²) in [7, 11) is 6.33. The summed E-state index contributed by atoms with van der Waals surface area (Å²) in [4.78, 5) is 46.0. The van der Waals surface area contributed by atoms with E-state index in [9.17, 15) is 14.4 Å². The van der Waals surface area contributed by atoms with Crippen molar-refractivity contribution in [2.45, 2.75) is 25.5 Å². The zero-order valence-electron chi connectivity index (χ0n) is 20.2. The minimum absolute atomic E-state index is 0.131. The first kappa shape index (κ1) is 24.1. The van der Waals surface area contributed by atoms with Gasteiger partial charge in [-0.15, -0.1) is 0 Å². The van der Waals surface area contributed by atoms with E-state index in [0.29, 0.717) is 46.8 Å². The Bertz CT molecular complexity index is 1320. The molecule has 10 heteroatoms. The Morgan fingerprint density at radius 2 is 1.86 bits per heavy atom. The van der Waals surface area contributed by atoms with E-state index in [1.807, 2.05) is 6.07 Å². The molecule has 0 unspecified atom stereocenters. The van der Waals surface area contributed by atoms with E-state index < -0.39 is 6.10 Å². The molecule has 3 aromatic rings. The molecule has 0 saturated heterocycles. The lowest BCUT2D eigenvalue weighted by atomic mass is 10.1. The number of nitrogens with zero attached hydrogens (tertiary/aromatic N) is 4. The van der Waals surface area contributed by atoms with E-state index in [0.717, 1.165) is 0 Å². The number of likely N-dealkylation sites (N-methyl/N-ethyl adjacent to an activating group) is 1. The van der Waals surface area contributed by atoms with Crippen molar-refractivity contribution in [1.82, 2.24) is 14.5 Å². The second-order valence-electron chi connectivity index (χ2n) is 8.38. The number of hydrogen-bond acceptors (Lipinski definition) is 7. The van der Waals surface area contributed by atoms with Crippen LogP contribution >= 0.6 is 0 Å². The van der Waals surface area contributed by atoms with Gasteiger partial charge in [-0.3, -0.25) is 19.0 Å². The number of anilines is 1. The summed E-state index contributed by atoms with van der Waals surface area (Å²) in [5.41, 5.74) is 0.907. The first-order valence-electron chi connectivity index (χ1n) is 11.2. The molecule has 1 aliphatic rings. The van der Waals surface area contributed by atoms with E-state index in [2.05, 4.69) is 4.98 Å². The summed E-state index contributed by atoms with van der Waals surface area (Å²) in [5.74, 6) is 1.07. The second-order valence-corrected chi connectivity index (χ2v) is 8.38. The number of methoxy groups -OCH3 is 2. The molecule has 184 valence electrons. The molecule has 0 bridgehead atoms. The zero-order valence-corrected chi connectivity index (χ0v) is 20.2. The lowest BCUT2D eigenvalue weighted by Crippen LogP contribution is -2.50. The second kappa shape index (κ2) is 10.0. The highest BCUT2D eigenvalue weighted by atomic mass is 16.5. The van der Waals surface area contributed by atoms with Gasteiger partial charge in [0.15, 0.2) is 17.6 Å². The maximum Gasteiger partial charge on any atom is 0.265 e. The molecule has 2 aromatic carbocycles. The molecule has 2 heterocycles. The van der Waals surface area contributed by atoms with Gasteiger partial charge in [0.25, 0.3) is 11.5 Å². The molecule has 1 aromatic heterocycles. The van der Waals surface area contributed by atoms with E-state index in [1.165, 1.54) is 30.0 Å². The number of rotatable bonds is 7. The number of fused-ring (bicyclic) bond motifs is 2. The standard InChI is InChI=1S/C25H28N4O6/c1-27(2)25(32)22-14-29(18-8-5-6-9-19(18)35-22)23(30)10-7-11-28-15-26-17-13-21(34-4)20(33-3)12-16(17)24(28)31/h5-6,8-9,12-13,15,22H,7,10-11,14H2,1-4H3/t22-/m0/s1. The Hall–Kier alpha value is -4.08. The van der Waals surface area contributed by atoms with Crippen LogP contribution in [0.4, 0.5) is 5.69 Å². The van der Waals surface area contributed by atoms with Gasteiger partial charge in [-0.2, -0.15) is 0 Å². The molecular weight excluding hydrogens is 452 g/mol. The van der Waals surface area contributed by atoms with Crippen LogP contribution < -0.4 is 24.7 Å². The van der Waals surface area contributed by atoms with Crippen LogP contribution in [0.5, 0.6) is 17.2 Å². The number of benzene rings is 2. The Morgan fingerprint density at radius 1 is 1.14 bits per heavy atom. The van der Waals surface area contributed by atoms with Gasteiger partial charge in [-0.1, -0.05) is 12.1 Å². The fraction of sp³-hybridized carbons (Fsp3) is 0.360. The van der Waals surface area contributed by atoms with E-state index >= 15 is 0 Å². The van der Waals surface area contributed by atoms with E-state index in [4.69, 9.17) is 14.2 Å². The van der Waals surface area contributed by atoms with Crippen LogP contribution in [0.25, 0.3) is 10.9 Å². The van der Waals surface area contributed by atoms with E-state index in [-0.39, 0.29) is 30.3 Å². The summed E-state index contributed by atoms with van der Waals surface area (Å²) >= 11 is 0. The van der Waals surface area contributed by atoms with Crippen LogP contribution in [-0.2, 0) is 16.1 Å². The molecule has 10 nitrogen and oxygen atoms in total. The molecule has 0 spiro atoms. The van der Waals surface area contributed by atoms with Crippen LogP contribution in [0.2, 0.25) is 0 Å². The maximum atomic E-state index is 13.2.